The van der Waals surface area contributed by atoms with E-state index in [4.69, 9.17) is 4.74 Å². The summed E-state index contributed by atoms with van der Waals surface area (Å²) < 4.78 is 7.11. The first-order valence-electron chi connectivity index (χ1n) is 16.0. The molecule has 0 bridgehead atoms. The second-order valence-electron chi connectivity index (χ2n) is 12.8. The van der Waals surface area contributed by atoms with Gasteiger partial charge in [-0.25, -0.2) is 0 Å². The third kappa shape index (κ3) is 4.53. The summed E-state index contributed by atoms with van der Waals surface area (Å²) >= 11 is 0. The number of likely N-dealkylation sites (tertiary alicyclic amines) is 1. The Morgan fingerprint density at radius 3 is 2.36 bits per heavy atom. The minimum atomic E-state index is -1.29. The van der Waals surface area contributed by atoms with Crippen LogP contribution in [0.5, 0.6) is 0 Å². The molecular formula is C34H45N3O5. The van der Waals surface area contributed by atoms with E-state index >= 15 is 0 Å². The van der Waals surface area contributed by atoms with Gasteiger partial charge in [0.25, 0.3) is 0 Å². The first-order chi connectivity index (χ1) is 20.4. The predicted octanol–water partition coefficient (Wildman–Crippen LogP) is 3.49. The molecule has 1 unspecified atom stereocenters. The summed E-state index contributed by atoms with van der Waals surface area (Å²) in [6.07, 6.45) is 14.9. The lowest BCUT2D eigenvalue weighted by Gasteiger charge is -2.42. The van der Waals surface area contributed by atoms with Gasteiger partial charge in [0.15, 0.2) is 0 Å². The molecule has 2 saturated heterocycles. The van der Waals surface area contributed by atoms with Gasteiger partial charge in [-0.3, -0.25) is 14.4 Å². The van der Waals surface area contributed by atoms with E-state index in [9.17, 15) is 19.5 Å². The predicted molar refractivity (Wildman–Crippen MR) is 159 cm³/mol. The van der Waals surface area contributed by atoms with E-state index in [0.29, 0.717) is 32.5 Å². The first-order valence-corrected chi connectivity index (χ1v) is 16.0. The average molecular weight is 576 g/mol. The molecule has 1 spiro atoms. The summed E-state index contributed by atoms with van der Waals surface area (Å²) in [5.41, 5.74) is -1.30. The molecule has 5 aliphatic rings. The third-order valence-corrected chi connectivity index (χ3v) is 10.4. The lowest BCUT2D eigenvalue weighted by Crippen LogP contribution is -2.60. The monoisotopic (exact) mass is 575 g/mol. The Labute approximate surface area is 249 Å². The van der Waals surface area contributed by atoms with Crippen LogP contribution in [0.25, 0.3) is 0 Å². The van der Waals surface area contributed by atoms with Crippen LogP contribution in [0.3, 0.4) is 0 Å². The molecule has 8 nitrogen and oxygen atoms in total. The quantitative estimate of drug-likeness (QED) is 0.480. The van der Waals surface area contributed by atoms with Gasteiger partial charge in [-0.1, -0.05) is 87.7 Å². The molecule has 6 atom stereocenters. The molecule has 4 aliphatic heterocycles. The Morgan fingerprint density at radius 1 is 0.929 bits per heavy atom. The van der Waals surface area contributed by atoms with Crippen molar-refractivity contribution in [2.45, 2.75) is 94.5 Å². The van der Waals surface area contributed by atoms with Crippen molar-refractivity contribution in [2.75, 3.05) is 26.2 Å². The number of nitrogens with zero attached hydrogens (tertiary/aromatic N) is 3. The molecule has 1 N–H and O–H groups in total. The fourth-order valence-electron chi connectivity index (χ4n) is 8.49. The van der Waals surface area contributed by atoms with Gasteiger partial charge in [-0.05, 0) is 37.7 Å². The standard InChI is InChI=1S/C34H45N3O5/c1-3-19-35-20-11-17-33(4-2)27(30(35)39)28-31(40)37(26(23-38)22-24-13-7-5-8-14-24)29-32(41)36(25-15-9-6-10-16-25)21-12-18-34(28,29)42-33/h5,7-8,11-14,17-18,25-29,38H,3-4,6,9-10,15-16,19-23H2,1-2H3/t26-,27-,28+,29?,33+,34+/m1/s1. The largest absolute Gasteiger partial charge is 0.394 e. The van der Waals surface area contributed by atoms with Crippen molar-refractivity contribution in [3.8, 4) is 0 Å². The van der Waals surface area contributed by atoms with Gasteiger partial charge in [0.2, 0.25) is 17.7 Å². The molecule has 1 aromatic rings. The maximum Gasteiger partial charge on any atom is 0.249 e. The molecule has 226 valence electrons. The molecule has 3 amide bonds. The number of carbonyl (C=O) groups is 3. The van der Waals surface area contributed by atoms with Crippen molar-refractivity contribution >= 4 is 17.7 Å². The van der Waals surface area contributed by atoms with Crippen LogP contribution in [-0.2, 0) is 25.5 Å². The highest BCUT2D eigenvalue weighted by Gasteiger charge is 2.76. The van der Waals surface area contributed by atoms with Gasteiger partial charge in [0.1, 0.15) is 11.6 Å². The Balaban J connectivity index is 1.48. The van der Waals surface area contributed by atoms with E-state index < -0.39 is 35.1 Å². The fourth-order valence-corrected chi connectivity index (χ4v) is 8.49. The molecule has 1 aromatic carbocycles. The van der Waals surface area contributed by atoms with Gasteiger partial charge in [-0.2, -0.15) is 0 Å². The first kappa shape index (κ1) is 29.1. The van der Waals surface area contributed by atoms with E-state index in [-0.39, 0.29) is 30.4 Å². The van der Waals surface area contributed by atoms with Crippen LogP contribution in [0.2, 0.25) is 0 Å². The smallest absolute Gasteiger partial charge is 0.249 e. The number of carbonyl (C=O) groups excluding carboxylic acids is 3. The maximum atomic E-state index is 14.9. The zero-order chi connectivity index (χ0) is 29.5. The van der Waals surface area contributed by atoms with E-state index in [1.807, 2.05) is 78.3 Å². The second kappa shape index (κ2) is 11.6. The van der Waals surface area contributed by atoms with Crippen molar-refractivity contribution in [3.63, 3.8) is 0 Å². The van der Waals surface area contributed by atoms with E-state index in [0.717, 1.165) is 37.7 Å². The van der Waals surface area contributed by atoms with Crippen LogP contribution < -0.4 is 0 Å². The van der Waals surface area contributed by atoms with Crippen LogP contribution in [0.15, 0.2) is 54.6 Å². The normalized spacial score (nSPS) is 33.8. The number of rotatable bonds is 8. The number of amides is 3. The Hall–Kier alpha value is -2.97. The van der Waals surface area contributed by atoms with Gasteiger partial charge in [0, 0.05) is 25.7 Å². The molecule has 6 rings (SSSR count). The summed E-state index contributed by atoms with van der Waals surface area (Å²) in [6, 6.07) is 8.30. The minimum absolute atomic E-state index is 0.0858. The summed E-state index contributed by atoms with van der Waals surface area (Å²) in [6.45, 7) is 5.28. The number of fused-ring (bicyclic) bond motifs is 2. The number of benzene rings is 1. The highest BCUT2D eigenvalue weighted by molar-refractivity contribution is 6.00. The molecular weight excluding hydrogens is 530 g/mol. The average Bonchev–Trinajstić information content (AvgIpc) is 3.31. The van der Waals surface area contributed by atoms with Crippen molar-refractivity contribution in [3.05, 3.63) is 60.2 Å². The van der Waals surface area contributed by atoms with E-state index in [2.05, 4.69) is 0 Å². The molecule has 3 fully saturated rings. The van der Waals surface area contributed by atoms with Crippen LogP contribution in [-0.4, -0.2) is 93.1 Å². The molecule has 42 heavy (non-hydrogen) atoms. The van der Waals surface area contributed by atoms with Gasteiger partial charge >= 0.3 is 0 Å². The number of aliphatic hydroxyl groups excluding tert-OH is 1. The number of hydrogen-bond acceptors (Lipinski definition) is 5. The van der Waals surface area contributed by atoms with Crippen molar-refractivity contribution in [1.29, 1.82) is 0 Å². The lowest BCUT2D eigenvalue weighted by molar-refractivity contribution is -0.158. The van der Waals surface area contributed by atoms with E-state index in [1.165, 1.54) is 6.42 Å². The van der Waals surface area contributed by atoms with Gasteiger partial charge in [0.05, 0.1) is 30.1 Å². The topological polar surface area (TPSA) is 90.4 Å². The number of aliphatic hydroxyl groups is 1. The number of ether oxygens (including phenoxy) is 1. The third-order valence-electron chi connectivity index (χ3n) is 10.4. The summed E-state index contributed by atoms with van der Waals surface area (Å²) in [7, 11) is 0. The summed E-state index contributed by atoms with van der Waals surface area (Å²) in [5.74, 6) is -2.08. The zero-order valence-corrected chi connectivity index (χ0v) is 25.0. The van der Waals surface area contributed by atoms with Gasteiger partial charge < -0.3 is 24.5 Å². The number of hydrogen-bond donors (Lipinski definition) is 1. The zero-order valence-electron chi connectivity index (χ0n) is 25.0. The highest BCUT2D eigenvalue weighted by atomic mass is 16.5. The summed E-state index contributed by atoms with van der Waals surface area (Å²) in [5, 5.41) is 10.8. The Kier molecular flexibility index (Phi) is 8.05. The van der Waals surface area contributed by atoms with Crippen LogP contribution >= 0.6 is 0 Å². The fraction of sp³-hybridized carbons (Fsp3) is 0.618. The van der Waals surface area contributed by atoms with Crippen molar-refractivity contribution in [2.24, 2.45) is 11.8 Å². The minimum Gasteiger partial charge on any atom is -0.394 e. The van der Waals surface area contributed by atoms with Crippen LogP contribution in [0.4, 0.5) is 0 Å². The molecule has 8 heteroatoms. The molecule has 1 aliphatic carbocycles. The SMILES string of the molecule is CCCN1CC=C[C@]2(CC)O[C@]34C=CCN(C5CCCCC5)C(=O)C3N([C@@H](CO)Cc3ccccc3)C(=O)[C@@H]4[C@@H]2C1=O. The van der Waals surface area contributed by atoms with Gasteiger partial charge in [-0.15, -0.1) is 0 Å². The second-order valence-corrected chi connectivity index (χ2v) is 12.8. The lowest BCUT2D eigenvalue weighted by atomic mass is 9.73. The van der Waals surface area contributed by atoms with Crippen molar-refractivity contribution in [1.82, 2.24) is 14.7 Å². The maximum absolute atomic E-state index is 14.9. The molecule has 1 saturated carbocycles. The van der Waals surface area contributed by atoms with E-state index in [1.54, 1.807) is 4.90 Å². The van der Waals surface area contributed by atoms with Crippen LogP contribution in [0.1, 0.15) is 64.4 Å². The molecule has 0 radical (unpaired) electrons. The highest BCUT2D eigenvalue weighted by Crippen LogP contribution is 2.59. The Morgan fingerprint density at radius 2 is 1.67 bits per heavy atom. The van der Waals surface area contributed by atoms with Crippen LogP contribution in [0, 0.1) is 11.8 Å². The molecule has 0 aromatic heterocycles. The molecule has 4 heterocycles. The van der Waals surface area contributed by atoms with Crippen molar-refractivity contribution < 1.29 is 24.2 Å². The summed E-state index contributed by atoms with van der Waals surface area (Å²) in [4.78, 5) is 49.4. The Bertz CT molecular complexity index is 1240.